The normalized spacial score (nSPS) is 28.8. The third-order valence-corrected chi connectivity index (χ3v) is 7.16. The fourth-order valence-corrected chi connectivity index (χ4v) is 5.41. The predicted molar refractivity (Wildman–Crippen MR) is 132 cm³/mol. The second kappa shape index (κ2) is 10.1. The molecule has 1 aromatic rings. The van der Waals surface area contributed by atoms with E-state index in [0.717, 1.165) is 17.6 Å². The van der Waals surface area contributed by atoms with Crippen molar-refractivity contribution in [3.8, 4) is 0 Å². The Hall–Kier alpha value is -2.33. The van der Waals surface area contributed by atoms with E-state index in [2.05, 4.69) is 43.1 Å². The van der Waals surface area contributed by atoms with Crippen LogP contribution >= 0.6 is 11.6 Å². The number of allylic oxidation sites excluding steroid dienone is 3. The summed E-state index contributed by atoms with van der Waals surface area (Å²) in [7, 11) is 1.63. The molecule has 5 heteroatoms. The number of rotatable bonds is 7. The smallest absolute Gasteiger partial charge is 0.242 e. The Balaban J connectivity index is 2.22. The van der Waals surface area contributed by atoms with Gasteiger partial charge in [0.2, 0.25) is 11.8 Å². The first-order valence-corrected chi connectivity index (χ1v) is 11.9. The van der Waals surface area contributed by atoms with Crippen molar-refractivity contribution in [2.75, 3.05) is 7.05 Å². The number of carbonyl (C=O) groups excluding carboxylic acids is 2. The number of piperidine rings is 1. The van der Waals surface area contributed by atoms with E-state index in [4.69, 9.17) is 11.6 Å². The third-order valence-electron chi connectivity index (χ3n) is 6.93. The van der Waals surface area contributed by atoms with Crippen LogP contribution < -0.4 is 5.32 Å². The van der Waals surface area contributed by atoms with Crippen LogP contribution in [0.5, 0.6) is 0 Å². The number of carbonyl (C=O) groups is 2. The topological polar surface area (TPSA) is 49.4 Å². The summed E-state index contributed by atoms with van der Waals surface area (Å²) in [5.41, 5.74) is 1.55. The van der Waals surface area contributed by atoms with Gasteiger partial charge in [-0.05, 0) is 54.9 Å². The van der Waals surface area contributed by atoms with Crippen LogP contribution in [-0.4, -0.2) is 35.8 Å². The van der Waals surface area contributed by atoms with Gasteiger partial charge in [-0.1, -0.05) is 68.8 Å². The largest absolute Gasteiger partial charge is 0.357 e. The Kier molecular flexibility index (Phi) is 7.66. The summed E-state index contributed by atoms with van der Waals surface area (Å²) in [6, 6.07) is 7.14. The van der Waals surface area contributed by atoms with E-state index < -0.39 is 11.5 Å². The van der Waals surface area contributed by atoms with E-state index >= 15 is 0 Å². The van der Waals surface area contributed by atoms with Crippen LogP contribution in [0.15, 0.2) is 60.7 Å². The summed E-state index contributed by atoms with van der Waals surface area (Å²) in [5.74, 6) is 0.360. The first kappa shape index (κ1) is 24.3. The molecule has 0 spiro atoms. The second-order valence-corrected chi connectivity index (χ2v) is 9.83. The molecule has 172 valence electrons. The zero-order valence-electron chi connectivity index (χ0n) is 19.6. The highest BCUT2D eigenvalue weighted by Gasteiger charge is 2.52. The quantitative estimate of drug-likeness (QED) is 0.541. The monoisotopic (exact) mass is 454 g/mol. The molecule has 1 fully saturated rings. The van der Waals surface area contributed by atoms with Gasteiger partial charge >= 0.3 is 0 Å². The molecular formula is C27H35ClN2O2. The van der Waals surface area contributed by atoms with Crippen LogP contribution in [0, 0.1) is 11.3 Å². The first-order valence-electron chi connectivity index (χ1n) is 11.5. The highest BCUT2D eigenvalue weighted by molar-refractivity contribution is 6.30. The summed E-state index contributed by atoms with van der Waals surface area (Å²) in [4.78, 5) is 28.9. The van der Waals surface area contributed by atoms with E-state index in [1.807, 2.05) is 43.0 Å². The number of likely N-dealkylation sites (tertiary alicyclic amines) is 1. The number of hydrogen-bond acceptors (Lipinski definition) is 2. The Morgan fingerprint density at radius 3 is 2.75 bits per heavy atom. The molecule has 2 amide bonds. The second-order valence-electron chi connectivity index (χ2n) is 9.39. The van der Waals surface area contributed by atoms with Gasteiger partial charge in [0.1, 0.15) is 6.04 Å². The van der Waals surface area contributed by atoms with Crippen LogP contribution in [0.4, 0.5) is 0 Å². The van der Waals surface area contributed by atoms with Gasteiger partial charge in [0.15, 0.2) is 0 Å². The van der Waals surface area contributed by atoms with Gasteiger partial charge in [-0.15, -0.1) is 6.58 Å². The molecule has 1 N–H and O–H groups in total. The molecule has 1 heterocycles. The maximum Gasteiger partial charge on any atom is 0.242 e. The Bertz CT molecular complexity index is 937. The van der Waals surface area contributed by atoms with Gasteiger partial charge in [0.05, 0.1) is 11.5 Å². The Morgan fingerprint density at radius 2 is 2.19 bits per heavy atom. The summed E-state index contributed by atoms with van der Waals surface area (Å²) < 4.78 is 0. The van der Waals surface area contributed by atoms with Crippen LogP contribution in [0.25, 0.3) is 0 Å². The zero-order chi connectivity index (χ0) is 23.5. The molecule has 1 aliphatic heterocycles. The fourth-order valence-electron chi connectivity index (χ4n) is 5.21. The SMILES string of the molecule is C=CC[C@@]1(C)C[C@H](c2cccc(Cl)c2)[C@@H](C2=CCC(C)C=C2)N([C@@H](CC)C(=O)NC)C1=O. The highest BCUT2D eigenvalue weighted by Crippen LogP contribution is 2.48. The molecule has 32 heavy (non-hydrogen) atoms. The molecule has 0 bridgehead atoms. The van der Waals surface area contributed by atoms with Crippen molar-refractivity contribution in [1.82, 2.24) is 10.2 Å². The van der Waals surface area contributed by atoms with Gasteiger partial charge in [-0.3, -0.25) is 9.59 Å². The van der Waals surface area contributed by atoms with Crippen molar-refractivity contribution in [3.05, 3.63) is 71.3 Å². The van der Waals surface area contributed by atoms with E-state index in [-0.39, 0.29) is 23.8 Å². The molecular weight excluding hydrogens is 420 g/mol. The van der Waals surface area contributed by atoms with E-state index in [0.29, 0.717) is 30.2 Å². The number of likely N-dealkylation sites (N-methyl/N-ethyl adjacent to an activating group) is 1. The molecule has 0 aromatic heterocycles. The Labute approximate surface area is 197 Å². The Morgan fingerprint density at radius 1 is 1.44 bits per heavy atom. The summed E-state index contributed by atoms with van der Waals surface area (Å²) in [6.45, 7) is 10.1. The van der Waals surface area contributed by atoms with Crippen LogP contribution in [-0.2, 0) is 9.59 Å². The number of hydrogen-bond donors (Lipinski definition) is 1. The van der Waals surface area contributed by atoms with Gasteiger partial charge in [-0.2, -0.15) is 0 Å². The van der Waals surface area contributed by atoms with Crippen molar-refractivity contribution < 1.29 is 9.59 Å². The number of nitrogens with one attached hydrogen (secondary N) is 1. The van der Waals surface area contributed by atoms with Crippen molar-refractivity contribution in [1.29, 1.82) is 0 Å². The van der Waals surface area contributed by atoms with Crippen molar-refractivity contribution >= 4 is 23.4 Å². The lowest BCUT2D eigenvalue weighted by Crippen LogP contribution is -2.62. The standard InChI is InChI=1S/C27H35ClN2O2/c1-6-15-27(4)17-22(20-9-8-10-21(28)16-20)24(19-13-11-18(3)12-14-19)30(26(27)32)23(7-2)25(31)29-5/h6,8-11,13-14,16,18,22-24H,1,7,12,15,17H2,2-5H3,(H,29,31)/t18?,22-,23+,24-,27+/m1/s1. The number of amides is 2. The molecule has 0 radical (unpaired) electrons. The molecule has 1 saturated heterocycles. The van der Waals surface area contributed by atoms with Gasteiger partial charge in [0.25, 0.3) is 0 Å². The fraction of sp³-hybridized carbons (Fsp3) is 0.481. The average Bonchev–Trinajstić information content (AvgIpc) is 2.77. The molecule has 1 unspecified atom stereocenters. The van der Waals surface area contributed by atoms with Gasteiger partial charge in [-0.25, -0.2) is 0 Å². The minimum Gasteiger partial charge on any atom is -0.357 e. The van der Waals surface area contributed by atoms with Gasteiger partial charge in [0, 0.05) is 18.0 Å². The number of halogens is 1. The van der Waals surface area contributed by atoms with E-state index in [9.17, 15) is 9.59 Å². The summed E-state index contributed by atoms with van der Waals surface area (Å²) >= 11 is 6.39. The molecule has 5 atom stereocenters. The van der Waals surface area contributed by atoms with Crippen molar-refractivity contribution in [3.63, 3.8) is 0 Å². The van der Waals surface area contributed by atoms with Crippen molar-refractivity contribution in [2.45, 2.75) is 64.5 Å². The lowest BCUT2D eigenvalue weighted by molar-refractivity contribution is -0.156. The lowest BCUT2D eigenvalue weighted by atomic mass is 9.66. The molecule has 4 nitrogen and oxygen atoms in total. The maximum absolute atomic E-state index is 14.0. The molecule has 2 aliphatic rings. The van der Waals surface area contributed by atoms with Gasteiger partial charge < -0.3 is 10.2 Å². The first-order chi connectivity index (χ1) is 15.3. The van der Waals surface area contributed by atoms with Crippen LogP contribution in [0.2, 0.25) is 5.02 Å². The molecule has 1 aliphatic carbocycles. The summed E-state index contributed by atoms with van der Waals surface area (Å²) in [6.07, 6.45) is 11.1. The minimum atomic E-state index is -0.640. The average molecular weight is 455 g/mol. The number of nitrogens with zero attached hydrogens (tertiary/aromatic N) is 1. The van der Waals surface area contributed by atoms with Crippen LogP contribution in [0.3, 0.4) is 0 Å². The lowest BCUT2D eigenvalue weighted by Gasteiger charge is -2.52. The zero-order valence-corrected chi connectivity index (χ0v) is 20.4. The summed E-state index contributed by atoms with van der Waals surface area (Å²) in [5, 5.41) is 3.45. The maximum atomic E-state index is 14.0. The van der Waals surface area contributed by atoms with Crippen LogP contribution in [0.1, 0.15) is 57.9 Å². The number of benzene rings is 1. The van der Waals surface area contributed by atoms with E-state index in [1.165, 1.54) is 0 Å². The highest BCUT2D eigenvalue weighted by atomic mass is 35.5. The minimum absolute atomic E-state index is 0.0133. The predicted octanol–water partition coefficient (Wildman–Crippen LogP) is 5.65. The van der Waals surface area contributed by atoms with E-state index in [1.54, 1.807) is 7.05 Å². The molecule has 3 rings (SSSR count). The van der Waals surface area contributed by atoms with Crippen molar-refractivity contribution in [2.24, 2.45) is 11.3 Å². The third kappa shape index (κ3) is 4.71. The molecule has 1 aromatic carbocycles. The molecule has 0 saturated carbocycles.